The highest BCUT2D eigenvalue weighted by Crippen LogP contribution is 2.38. The van der Waals surface area contributed by atoms with E-state index in [0.717, 1.165) is 50.7 Å². The van der Waals surface area contributed by atoms with Gasteiger partial charge < -0.3 is 14.4 Å². The number of nitrogens with one attached hydrogen (secondary N) is 1. The number of thioether (sulfide) groups is 1. The fourth-order valence-corrected chi connectivity index (χ4v) is 5.08. The monoisotopic (exact) mass is 481 g/mol. The van der Waals surface area contributed by atoms with Crippen molar-refractivity contribution in [3.05, 3.63) is 35.5 Å². The van der Waals surface area contributed by atoms with E-state index in [-0.39, 0.29) is 17.2 Å². The minimum atomic E-state index is -4.43. The molecule has 1 amide bonds. The summed E-state index contributed by atoms with van der Waals surface area (Å²) in [6.45, 7) is 4.37. The molecule has 0 radical (unpaired) electrons. The van der Waals surface area contributed by atoms with Crippen LogP contribution in [0.5, 0.6) is 0 Å². The number of hydrogen-bond acceptors (Lipinski definition) is 6. The lowest BCUT2D eigenvalue weighted by Gasteiger charge is -2.26. The van der Waals surface area contributed by atoms with Crippen molar-refractivity contribution in [3.8, 4) is 0 Å². The summed E-state index contributed by atoms with van der Waals surface area (Å²) in [5.74, 6) is 0.822. The predicted molar refractivity (Wildman–Crippen MR) is 118 cm³/mol. The third kappa shape index (κ3) is 5.02. The highest BCUT2D eigenvalue weighted by molar-refractivity contribution is 7.99. The van der Waals surface area contributed by atoms with Crippen LogP contribution in [0.15, 0.2) is 27.9 Å². The molecule has 0 spiro atoms. The second-order valence-corrected chi connectivity index (χ2v) is 9.31. The summed E-state index contributed by atoms with van der Waals surface area (Å²) in [6.07, 6.45) is 0.724. The van der Waals surface area contributed by atoms with Crippen molar-refractivity contribution < 1.29 is 22.5 Å². The first kappa shape index (κ1) is 23.6. The molecule has 0 unspecified atom stereocenters. The third-order valence-electron chi connectivity index (χ3n) is 5.90. The van der Waals surface area contributed by atoms with Gasteiger partial charge in [0.05, 0.1) is 22.3 Å². The minimum Gasteiger partial charge on any atom is -0.342 e. The molecule has 1 N–H and O–H groups in total. The molecule has 1 fully saturated rings. The predicted octanol–water partition coefficient (Wildman–Crippen LogP) is 5.22. The van der Waals surface area contributed by atoms with E-state index in [0.29, 0.717) is 28.9 Å². The highest BCUT2D eigenvalue weighted by atomic mass is 32.2. The average Bonchev–Trinajstić information content (AvgIpc) is 3.49. The number of carbonyl (C=O) groups is 1. The van der Waals surface area contributed by atoms with Crippen LogP contribution in [0.4, 0.5) is 13.2 Å². The molecule has 4 rings (SSSR count). The largest absolute Gasteiger partial charge is 0.416 e. The van der Waals surface area contributed by atoms with Crippen LogP contribution in [0.25, 0.3) is 11.0 Å². The molecule has 1 aromatic carbocycles. The molecular formula is C22H26F3N5O2S. The Labute approximate surface area is 193 Å². The van der Waals surface area contributed by atoms with Gasteiger partial charge in [-0.15, -0.1) is 0 Å². The normalized spacial score (nSPS) is 15.9. The average molecular weight is 482 g/mol. The van der Waals surface area contributed by atoms with Crippen LogP contribution in [-0.2, 0) is 23.1 Å². The van der Waals surface area contributed by atoms with Gasteiger partial charge in [-0.1, -0.05) is 43.1 Å². The summed E-state index contributed by atoms with van der Waals surface area (Å²) in [5.41, 5.74) is -0.463. The van der Waals surface area contributed by atoms with E-state index in [4.69, 9.17) is 4.52 Å². The van der Waals surface area contributed by atoms with Crippen molar-refractivity contribution in [2.45, 2.75) is 75.8 Å². The smallest absolute Gasteiger partial charge is 0.342 e. The number of alkyl halides is 3. The number of halogens is 3. The van der Waals surface area contributed by atoms with Gasteiger partial charge in [0.2, 0.25) is 11.8 Å². The molecule has 2 aromatic heterocycles. The zero-order chi connectivity index (χ0) is 23.6. The lowest BCUT2D eigenvalue weighted by molar-refractivity contribution is -0.137. The van der Waals surface area contributed by atoms with Gasteiger partial charge in [-0.25, -0.2) is 4.98 Å². The lowest BCUT2D eigenvalue weighted by Crippen LogP contribution is -2.45. The zero-order valence-electron chi connectivity index (χ0n) is 18.5. The maximum atomic E-state index is 13.1. The van der Waals surface area contributed by atoms with Crippen molar-refractivity contribution in [2.24, 2.45) is 0 Å². The third-order valence-corrected chi connectivity index (χ3v) is 6.88. The molecule has 178 valence electrons. The van der Waals surface area contributed by atoms with Crippen molar-refractivity contribution in [1.29, 1.82) is 0 Å². The van der Waals surface area contributed by atoms with E-state index in [1.807, 2.05) is 11.5 Å². The first-order chi connectivity index (χ1) is 15.7. The molecule has 0 saturated heterocycles. The van der Waals surface area contributed by atoms with Crippen LogP contribution in [-0.4, -0.2) is 31.4 Å². The summed E-state index contributed by atoms with van der Waals surface area (Å²) in [6, 6.07) is 3.59. The Kier molecular flexibility index (Phi) is 6.69. The number of amides is 1. The Hall–Kier alpha value is -2.56. The highest BCUT2D eigenvalue weighted by Gasteiger charge is 2.41. The number of imidazole rings is 1. The van der Waals surface area contributed by atoms with Gasteiger partial charge in [0, 0.05) is 13.5 Å². The fourth-order valence-electron chi connectivity index (χ4n) is 4.24. The minimum absolute atomic E-state index is 0.0835. The van der Waals surface area contributed by atoms with Crippen LogP contribution >= 0.6 is 11.8 Å². The van der Waals surface area contributed by atoms with Crippen LogP contribution in [0.3, 0.4) is 0 Å². The van der Waals surface area contributed by atoms with Crippen molar-refractivity contribution in [2.75, 3.05) is 5.75 Å². The molecule has 0 aliphatic heterocycles. The van der Waals surface area contributed by atoms with E-state index in [1.54, 1.807) is 6.92 Å². The molecule has 33 heavy (non-hydrogen) atoms. The molecule has 2 heterocycles. The van der Waals surface area contributed by atoms with E-state index in [9.17, 15) is 18.0 Å². The van der Waals surface area contributed by atoms with Crippen molar-refractivity contribution in [1.82, 2.24) is 25.0 Å². The molecule has 1 aliphatic carbocycles. The molecule has 1 saturated carbocycles. The summed E-state index contributed by atoms with van der Waals surface area (Å²) in [7, 11) is 0. The Balaban J connectivity index is 1.53. The molecule has 7 nitrogen and oxygen atoms in total. The number of hydrogen-bond donors (Lipinski definition) is 1. The topological polar surface area (TPSA) is 85.8 Å². The summed E-state index contributed by atoms with van der Waals surface area (Å²) in [5, 5.41) is 7.65. The second-order valence-electron chi connectivity index (χ2n) is 8.36. The maximum Gasteiger partial charge on any atom is 0.416 e. The Bertz CT molecular complexity index is 1130. The van der Waals surface area contributed by atoms with Crippen molar-refractivity contribution in [3.63, 3.8) is 0 Å². The molecule has 0 atom stereocenters. The van der Waals surface area contributed by atoms with Gasteiger partial charge in [-0.3, -0.25) is 4.79 Å². The summed E-state index contributed by atoms with van der Waals surface area (Å²) in [4.78, 5) is 21.6. The number of fused-ring (bicyclic) bond motifs is 1. The number of carbonyl (C=O) groups excluding carboxylic acids is 1. The number of rotatable bonds is 8. The summed E-state index contributed by atoms with van der Waals surface area (Å²) < 4.78 is 46.4. The van der Waals surface area contributed by atoms with E-state index >= 15 is 0 Å². The standard InChI is InChI=1S/C22H26F3N5O2S/c1-3-4-11-30-17-8-7-15(22(23,24)25)12-16(17)27-20(30)33-13-18(31)28-21(9-5-6-10-21)19-26-14(2)32-29-19/h7-8,12H,3-6,9-11,13H2,1-2H3,(H,28,31). The van der Waals surface area contributed by atoms with Crippen LogP contribution in [0.1, 0.15) is 62.7 Å². The summed E-state index contributed by atoms with van der Waals surface area (Å²) >= 11 is 1.22. The Morgan fingerprint density at radius 2 is 2.03 bits per heavy atom. The molecule has 0 bridgehead atoms. The quantitative estimate of drug-likeness (QED) is 0.444. The van der Waals surface area contributed by atoms with E-state index in [2.05, 4.69) is 20.4 Å². The zero-order valence-corrected chi connectivity index (χ0v) is 19.4. The molecule has 3 aromatic rings. The van der Waals surface area contributed by atoms with E-state index < -0.39 is 17.3 Å². The first-order valence-electron chi connectivity index (χ1n) is 11.0. The number of aromatic nitrogens is 4. The number of benzene rings is 1. The Morgan fingerprint density at radius 1 is 1.27 bits per heavy atom. The van der Waals surface area contributed by atoms with Gasteiger partial charge in [0.1, 0.15) is 5.54 Å². The second kappa shape index (κ2) is 9.36. The van der Waals surface area contributed by atoms with E-state index in [1.165, 1.54) is 17.8 Å². The lowest BCUT2D eigenvalue weighted by atomic mass is 9.96. The van der Waals surface area contributed by atoms with Gasteiger partial charge in [0.25, 0.3) is 0 Å². The molecular weight excluding hydrogens is 455 g/mol. The van der Waals surface area contributed by atoms with Gasteiger partial charge >= 0.3 is 6.18 Å². The first-order valence-corrected chi connectivity index (χ1v) is 12.0. The van der Waals surface area contributed by atoms with Gasteiger partial charge in [0.15, 0.2) is 11.0 Å². The van der Waals surface area contributed by atoms with Crippen LogP contribution in [0.2, 0.25) is 0 Å². The van der Waals surface area contributed by atoms with Crippen LogP contribution in [0, 0.1) is 6.92 Å². The number of aryl methyl sites for hydroxylation is 2. The number of nitrogens with zero attached hydrogens (tertiary/aromatic N) is 4. The van der Waals surface area contributed by atoms with Gasteiger partial charge in [-0.2, -0.15) is 18.2 Å². The molecule has 11 heteroatoms. The van der Waals surface area contributed by atoms with Gasteiger partial charge in [-0.05, 0) is 37.5 Å². The van der Waals surface area contributed by atoms with Crippen LogP contribution < -0.4 is 5.32 Å². The number of unbranched alkanes of at least 4 members (excludes halogenated alkanes) is 1. The maximum absolute atomic E-state index is 13.1. The Morgan fingerprint density at radius 3 is 2.67 bits per heavy atom. The fraction of sp³-hybridized carbons (Fsp3) is 0.545. The SMILES string of the molecule is CCCCn1c(SCC(=O)NC2(c3noc(C)n3)CCCC2)nc2cc(C(F)(F)F)ccc21. The molecule has 1 aliphatic rings. The van der Waals surface area contributed by atoms with Crippen molar-refractivity contribution >= 4 is 28.7 Å².